The number of hydrogen-bond donors (Lipinski definition) is 3. The van der Waals surface area contributed by atoms with Gasteiger partial charge in [0.1, 0.15) is 0 Å². The van der Waals surface area contributed by atoms with Crippen LogP contribution in [0.3, 0.4) is 0 Å². The molecule has 5 heteroatoms. The minimum Gasteiger partial charge on any atom is -0.467 e. The first-order valence-corrected chi connectivity index (χ1v) is 3.31. The fourth-order valence-corrected chi connectivity index (χ4v) is 0.664. The first-order valence-electron chi connectivity index (χ1n) is 3.31. The molecule has 0 saturated carbocycles. The van der Waals surface area contributed by atoms with E-state index in [0.717, 1.165) is 0 Å². The van der Waals surface area contributed by atoms with Gasteiger partial charge >= 0.3 is 5.97 Å². The van der Waals surface area contributed by atoms with Crippen molar-refractivity contribution in [2.75, 3.05) is 13.7 Å². The molecule has 0 aromatic carbocycles. The molecule has 0 spiro atoms. The van der Waals surface area contributed by atoms with Crippen LogP contribution in [0, 0.1) is 0 Å². The number of carbonyl (C=O) groups is 1. The Morgan fingerprint density at radius 3 is 2.55 bits per heavy atom. The van der Waals surface area contributed by atoms with Gasteiger partial charge in [0.25, 0.3) is 0 Å². The summed E-state index contributed by atoms with van der Waals surface area (Å²) in [4.78, 5) is 10.8. The summed E-state index contributed by atoms with van der Waals surface area (Å²) < 4.78 is 4.34. The normalized spacial score (nSPS) is 11.3. The molecule has 5 nitrogen and oxygen atoms in total. The van der Waals surface area contributed by atoms with E-state index in [1.165, 1.54) is 7.11 Å². The van der Waals surface area contributed by atoms with Gasteiger partial charge in [0.05, 0.1) is 7.11 Å². The van der Waals surface area contributed by atoms with Gasteiger partial charge in [-0.2, -0.15) is 0 Å². The quantitative estimate of drug-likeness (QED) is 0.347. The third kappa shape index (κ3) is 3.31. The summed E-state index contributed by atoms with van der Waals surface area (Å²) in [6.45, 7) is -0.0346. The van der Waals surface area contributed by atoms with E-state index in [1.54, 1.807) is 0 Å². The Morgan fingerprint density at radius 2 is 2.18 bits per heavy atom. The Labute approximate surface area is 65.3 Å². The largest absolute Gasteiger partial charge is 0.467 e. The van der Waals surface area contributed by atoms with E-state index in [9.17, 15) is 4.79 Å². The molecule has 0 aromatic heterocycles. The van der Waals surface area contributed by atoms with Crippen LogP contribution in [0.1, 0.15) is 12.8 Å². The molecule has 0 aliphatic carbocycles. The summed E-state index contributed by atoms with van der Waals surface area (Å²) in [5.74, 6) is -0.661. The standard InChI is InChI=1S/C6H14N2O3/c1-11-5(10)6(7,8)3-2-4-9/h9H,2-4,7-8H2,1H3. The van der Waals surface area contributed by atoms with Gasteiger partial charge in [-0.05, 0) is 12.8 Å². The van der Waals surface area contributed by atoms with Crippen molar-refractivity contribution < 1.29 is 14.6 Å². The Balaban J connectivity index is 3.88. The van der Waals surface area contributed by atoms with Crippen LogP contribution in [0.2, 0.25) is 0 Å². The van der Waals surface area contributed by atoms with Crippen LogP contribution in [0.25, 0.3) is 0 Å². The minimum atomic E-state index is -1.46. The van der Waals surface area contributed by atoms with Crippen LogP contribution in [0.4, 0.5) is 0 Å². The second kappa shape index (κ2) is 4.27. The van der Waals surface area contributed by atoms with Gasteiger partial charge in [0.15, 0.2) is 5.66 Å². The fourth-order valence-electron chi connectivity index (χ4n) is 0.664. The molecule has 0 radical (unpaired) electrons. The van der Waals surface area contributed by atoms with Gasteiger partial charge in [-0.25, -0.2) is 4.79 Å². The lowest BCUT2D eigenvalue weighted by atomic mass is 10.1. The third-order valence-corrected chi connectivity index (χ3v) is 1.31. The second-order valence-corrected chi connectivity index (χ2v) is 2.36. The highest BCUT2D eigenvalue weighted by Crippen LogP contribution is 2.03. The minimum absolute atomic E-state index is 0.0346. The molecule has 66 valence electrons. The molecule has 0 aliphatic rings. The maximum Gasteiger partial charge on any atom is 0.340 e. The predicted octanol–water partition coefficient (Wildman–Crippen LogP) is -1.45. The summed E-state index contributed by atoms with van der Waals surface area (Å²) in [6, 6.07) is 0. The van der Waals surface area contributed by atoms with Crippen molar-refractivity contribution in [3.8, 4) is 0 Å². The average molecular weight is 162 g/mol. The van der Waals surface area contributed by atoms with E-state index in [-0.39, 0.29) is 13.0 Å². The molecule has 0 aliphatic heterocycles. The summed E-state index contributed by atoms with van der Waals surface area (Å²) in [5, 5.41) is 8.42. The first kappa shape index (κ1) is 10.3. The summed E-state index contributed by atoms with van der Waals surface area (Å²) >= 11 is 0. The van der Waals surface area contributed by atoms with Gasteiger partial charge in [-0.1, -0.05) is 0 Å². The van der Waals surface area contributed by atoms with E-state index in [2.05, 4.69) is 4.74 Å². The molecule has 0 unspecified atom stereocenters. The van der Waals surface area contributed by atoms with Gasteiger partial charge < -0.3 is 21.3 Å². The molecular formula is C6H14N2O3. The topological polar surface area (TPSA) is 98.6 Å². The molecule has 11 heavy (non-hydrogen) atoms. The number of carbonyl (C=O) groups excluding carboxylic acids is 1. The van der Waals surface area contributed by atoms with Crippen molar-refractivity contribution in [2.45, 2.75) is 18.5 Å². The van der Waals surface area contributed by atoms with Crippen LogP contribution in [-0.2, 0) is 9.53 Å². The molecule has 0 amide bonds. The number of rotatable bonds is 4. The zero-order valence-electron chi connectivity index (χ0n) is 6.54. The smallest absolute Gasteiger partial charge is 0.340 e. The highest BCUT2D eigenvalue weighted by Gasteiger charge is 2.29. The molecule has 0 fully saturated rings. The first-order chi connectivity index (χ1) is 5.04. The van der Waals surface area contributed by atoms with Crippen LogP contribution in [0.5, 0.6) is 0 Å². The number of aliphatic hydroxyl groups is 1. The van der Waals surface area contributed by atoms with Crippen molar-refractivity contribution >= 4 is 5.97 Å². The number of esters is 1. The zero-order chi connectivity index (χ0) is 8.91. The van der Waals surface area contributed by atoms with E-state index in [0.29, 0.717) is 6.42 Å². The molecule has 0 atom stereocenters. The second-order valence-electron chi connectivity index (χ2n) is 2.36. The number of hydrogen-bond acceptors (Lipinski definition) is 5. The van der Waals surface area contributed by atoms with Gasteiger partial charge in [-0.3, -0.25) is 0 Å². The Morgan fingerprint density at radius 1 is 1.64 bits per heavy atom. The summed E-state index contributed by atoms with van der Waals surface area (Å²) in [6.07, 6.45) is 0.609. The van der Waals surface area contributed by atoms with Crippen LogP contribution >= 0.6 is 0 Å². The number of methoxy groups -OCH3 is 1. The lowest BCUT2D eigenvalue weighted by Crippen LogP contribution is -2.57. The zero-order valence-corrected chi connectivity index (χ0v) is 6.54. The number of aliphatic hydroxyl groups excluding tert-OH is 1. The predicted molar refractivity (Wildman–Crippen MR) is 39.4 cm³/mol. The molecule has 0 heterocycles. The lowest BCUT2D eigenvalue weighted by molar-refractivity contribution is -0.147. The Kier molecular flexibility index (Phi) is 4.02. The molecular weight excluding hydrogens is 148 g/mol. The van der Waals surface area contributed by atoms with Crippen LogP contribution in [-0.4, -0.2) is 30.5 Å². The molecule has 0 saturated heterocycles. The molecule has 0 rings (SSSR count). The van der Waals surface area contributed by atoms with Gasteiger partial charge in [0, 0.05) is 6.61 Å². The highest BCUT2D eigenvalue weighted by atomic mass is 16.5. The maximum atomic E-state index is 10.8. The van der Waals surface area contributed by atoms with Gasteiger partial charge in [0.2, 0.25) is 0 Å². The summed E-state index contributed by atoms with van der Waals surface area (Å²) in [5.41, 5.74) is 9.24. The summed E-state index contributed by atoms with van der Waals surface area (Å²) in [7, 11) is 1.22. The number of ether oxygens (including phenoxy) is 1. The van der Waals surface area contributed by atoms with Crippen LogP contribution < -0.4 is 11.5 Å². The highest BCUT2D eigenvalue weighted by molar-refractivity contribution is 5.79. The van der Waals surface area contributed by atoms with Crippen molar-refractivity contribution in [3.05, 3.63) is 0 Å². The van der Waals surface area contributed by atoms with E-state index in [4.69, 9.17) is 16.6 Å². The van der Waals surface area contributed by atoms with Gasteiger partial charge in [-0.15, -0.1) is 0 Å². The third-order valence-electron chi connectivity index (χ3n) is 1.31. The van der Waals surface area contributed by atoms with Crippen molar-refractivity contribution in [2.24, 2.45) is 11.5 Å². The van der Waals surface area contributed by atoms with E-state index < -0.39 is 11.6 Å². The SMILES string of the molecule is COC(=O)C(N)(N)CCCO. The Hall–Kier alpha value is -0.650. The van der Waals surface area contributed by atoms with Crippen molar-refractivity contribution in [1.29, 1.82) is 0 Å². The van der Waals surface area contributed by atoms with E-state index >= 15 is 0 Å². The molecule has 0 aromatic rings. The maximum absolute atomic E-state index is 10.8. The van der Waals surface area contributed by atoms with E-state index in [1.807, 2.05) is 0 Å². The fraction of sp³-hybridized carbons (Fsp3) is 0.833. The molecule has 0 bridgehead atoms. The Bertz CT molecular complexity index is 136. The van der Waals surface area contributed by atoms with Crippen molar-refractivity contribution in [3.63, 3.8) is 0 Å². The van der Waals surface area contributed by atoms with Crippen LogP contribution in [0.15, 0.2) is 0 Å². The monoisotopic (exact) mass is 162 g/mol. The molecule has 5 N–H and O–H groups in total. The van der Waals surface area contributed by atoms with Crippen molar-refractivity contribution in [1.82, 2.24) is 0 Å². The average Bonchev–Trinajstić information content (AvgIpc) is 1.99. The number of nitrogens with two attached hydrogens (primary N) is 2. The lowest BCUT2D eigenvalue weighted by Gasteiger charge is -2.20.